The number of sulfonamides is 1. The summed E-state index contributed by atoms with van der Waals surface area (Å²) in [7, 11) is -2.31. The molecule has 0 radical (unpaired) electrons. The first-order valence-corrected chi connectivity index (χ1v) is 11.7. The fourth-order valence-electron chi connectivity index (χ4n) is 3.02. The molecule has 0 saturated heterocycles. The molecule has 0 atom stereocenters. The van der Waals surface area contributed by atoms with E-state index in [0.29, 0.717) is 22.2 Å². The largest absolute Gasteiger partial charge is 0.340 e. The maximum Gasteiger partial charge on any atom is 0.243 e. The third kappa shape index (κ3) is 6.08. The van der Waals surface area contributed by atoms with Gasteiger partial charge < -0.3 is 4.90 Å². The maximum absolute atomic E-state index is 13.3. The molecule has 0 unspecified atom stereocenters. The first-order chi connectivity index (χ1) is 14.8. The van der Waals surface area contributed by atoms with Crippen molar-refractivity contribution in [3.63, 3.8) is 0 Å². The fourth-order valence-corrected chi connectivity index (χ4v) is 4.70. The highest BCUT2D eigenvalue weighted by atomic mass is 35.5. The Bertz CT molecular complexity index is 1140. The Hall–Kier alpha value is -2.38. The van der Waals surface area contributed by atoms with Crippen molar-refractivity contribution >= 4 is 39.1 Å². The summed E-state index contributed by atoms with van der Waals surface area (Å²) in [4.78, 5) is 14.5. The van der Waals surface area contributed by atoms with Crippen LogP contribution in [0.5, 0.6) is 0 Å². The van der Waals surface area contributed by atoms with Gasteiger partial charge in [-0.3, -0.25) is 4.79 Å². The van der Waals surface area contributed by atoms with Crippen LogP contribution in [0.3, 0.4) is 0 Å². The van der Waals surface area contributed by atoms with Crippen molar-refractivity contribution in [2.45, 2.75) is 18.0 Å². The number of benzene rings is 3. The number of halogens is 2. The molecule has 5 nitrogen and oxygen atoms in total. The van der Waals surface area contributed by atoms with Gasteiger partial charge in [0.1, 0.15) is 0 Å². The Morgan fingerprint density at radius 2 is 1.45 bits per heavy atom. The van der Waals surface area contributed by atoms with E-state index < -0.39 is 10.0 Å². The average Bonchev–Trinajstić information content (AvgIpc) is 2.75. The normalized spacial score (nSPS) is 11.5. The lowest BCUT2D eigenvalue weighted by atomic mass is 10.2. The summed E-state index contributed by atoms with van der Waals surface area (Å²) in [6, 6.07) is 22.3. The third-order valence-corrected chi connectivity index (χ3v) is 7.18. The van der Waals surface area contributed by atoms with Crippen molar-refractivity contribution in [1.82, 2.24) is 9.21 Å². The monoisotopic (exact) mass is 476 g/mol. The van der Waals surface area contributed by atoms with Crippen LogP contribution in [0.15, 0.2) is 83.8 Å². The number of rotatable bonds is 8. The molecule has 0 fully saturated rings. The van der Waals surface area contributed by atoms with Crippen LogP contribution in [-0.2, 0) is 27.9 Å². The highest BCUT2D eigenvalue weighted by Crippen LogP contribution is 2.23. The van der Waals surface area contributed by atoms with Crippen molar-refractivity contribution < 1.29 is 13.2 Å². The first-order valence-electron chi connectivity index (χ1n) is 9.54. The lowest BCUT2D eigenvalue weighted by Gasteiger charge is -2.25. The van der Waals surface area contributed by atoms with E-state index >= 15 is 0 Å². The molecule has 0 aliphatic rings. The molecule has 3 aromatic rings. The standard InChI is InChI=1S/C23H22Cl2N2O3S/c1-26(15-18-7-3-2-4-8-18)23(28)17-27(16-19-9-5-6-10-22(19)25)31(29,30)21-13-11-20(24)12-14-21/h2-14H,15-17H2,1H3. The van der Waals surface area contributed by atoms with Crippen LogP contribution in [0.4, 0.5) is 0 Å². The van der Waals surface area contributed by atoms with Gasteiger partial charge in [0.05, 0.1) is 11.4 Å². The molecule has 3 rings (SSSR count). The number of hydrogen-bond acceptors (Lipinski definition) is 3. The van der Waals surface area contributed by atoms with Crippen molar-refractivity contribution in [1.29, 1.82) is 0 Å². The second kappa shape index (κ2) is 10.3. The van der Waals surface area contributed by atoms with Gasteiger partial charge in [-0.15, -0.1) is 0 Å². The maximum atomic E-state index is 13.3. The molecule has 0 saturated carbocycles. The average molecular weight is 477 g/mol. The summed E-state index contributed by atoms with van der Waals surface area (Å²) in [5.74, 6) is -0.326. The van der Waals surface area contributed by atoms with Gasteiger partial charge in [0, 0.05) is 30.2 Å². The molecule has 0 aliphatic heterocycles. The molecular weight excluding hydrogens is 455 g/mol. The van der Waals surface area contributed by atoms with Gasteiger partial charge in [0.25, 0.3) is 0 Å². The second-order valence-corrected chi connectivity index (χ2v) is 9.84. The van der Waals surface area contributed by atoms with E-state index in [1.165, 1.54) is 29.2 Å². The first kappa shape index (κ1) is 23.3. The molecule has 0 spiro atoms. The minimum atomic E-state index is -3.97. The van der Waals surface area contributed by atoms with Gasteiger partial charge in [-0.25, -0.2) is 8.42 Å². The molecule has 3 aromatic carbocycles. The lowest BCUT2D eigenvalue weighted by Crippen LogP contribution is -2.41. The van der Waals surface area contributed by atoms with E-state index in [1.807, 2.05) is 30.3 Å². The SMILES string of the molecule is CN(Cc1ccccc1)C(=O)CN(Cc1ccccc1Cl)S(=O)(=O)c1ccc(Cl)cc1. The zero-order chi connectivity index (χ0) is 22.4. The van der Waals surface area contributed by atoms with E-state index in [0.717, 1.165) is 9.87 Å². The number of nitrogens with zero attached hydrogens (tertiary/aromatic N) is 2. The predicted molar refractivity (Wildman–Crippen MR) is 123 cm³/mol. The highest BCUT2D eigenvalue weighted by Gasteiger charge is 2.28. The Labute approximate surface area is 192 Å². The number of carbonyl (C=O) groups is 1. The summed E-state index contributed by atoms with van der Waals surface area (Å²) in [6.45, 7) is 0.0235. The van der Waals surface area contributed by atoms with Crippen LogP contribution in [0.25, 0.3) is 0 Å². The predicted octanol–water partition coefficient (Wildman–Crippen LogP) is 4.84. The van der Waals surface area contributed by atoms with Gasteiger partial charge in [0.2, 0.25) is 15.9 Å². The van der Waals surface area contributed by atoms with Gasteiger partial charge in [-0.05, 0) is 41.5 Å². The molecule has 1 amide bonds. The molecule has 0 bridgehead atoms. The fraction of sp³-hybridized carbons (Fsp3) is 0.174. The van der Waals surface area contributed by atoms with E-state index in [1.54, 1.807) is 31.3 Å². The topological polar surface area (TPSA) is 57.7 Å². The Kier molecular flexibility index (Phi) is 7.73. The summed E-state index contributed by atoms with van der Waals surface area (Å²) in [5.41, 5.74) is 1.57. The third-order valence-electron chi connectivity index (χ3n) is 4.76. The number of hydrogen-bond donors (Lipinski definition) is 0. The smallest absolute Gasteiger partial charge is 0.243 e. The zero-order valence-corrected chi connectivity index (χ0v) is 19.2. The van der Waals surface area contributed by atoms with E-state index in [-0.39, 0.29) is 23.9 Å². The minimum absolute atomic E-state index is 0.0322. The van der Waals surface area contributed by atoms with Crippen LogP contribution >= 0.6 is 23.2 Å². The molecule has 0 aliphatic carbocycles. The lowest BCUT2D eigenvalue weighted by molar-refractivity contribution is -0.130. The van der Waals surface area contributed by atoms with E-state index in [2.05, 4.69) is 0 Å². The van der Waals surface area contributed by atoms with Crippen molar-refractivity contribution in [2.24, 2.45) is 0 Å². The molecule has 0 aromatic heterocycles. The summed E-state index contributed by atoms with van der Waals surface area (Å²) in [5, 5.41) is 0.860. The van der Waals surface area contributed by atoms with Crippen LogP contribution in [0, 0.1) is 0 Å². The molecule has 8 heteroatoms. The molecule has 162 valence electrons. The van der Waals surface area contributed by atoms with Crippen LogP contribution in [0.2, 0.25) is 10.0 Å². The molecule has 31 heavy (non-hydrogen) atoms. The summed E-state index contributed by atoms with van der Waals surface area (Å²) in [6.07, 6.45) is 0. The van der Waals surface area contributed by atoms with Gasteiger partial charge >= 0.3 is 0 Å². The number of likely N-dealkylation sites (N-methyl/N-ethyl adjacent to an activating group) is 1. The van der Waals surface area contributed by atoms with Gasteiger partial charge in [-0.2, -0.15) is 4.31 Å². The quantitative estimate of drug-likeness (QED) is 0.467. The number of carbonyl (C=O) groups excluding carboxylic acids is 1. The van der Waals surface area contributed by atoms with Crippen LogP contribution < -0.4 is 0 Å². The Balaban J connectivity index is 1.87. The molecule has 0 N–H and O–H groups in total. The number of amides is 1. The van der Waals surface area contributed by atoms with Crippen LogP contribution in [0.1, 0.15) is 11.1 Å². The van der Waals surface area contributed by atoms with Crippen molar-refractivity contribution in [2.75, 3.05) is 13.6 Å². The zero-order valence-electron chi connectivity index (χ0n) is 16.9. The minimum Gasteiger partial charge on any atom is -0.340 e. The van der Waals surface area contributed by atoms with Crippen molar-refractivity contribution in [3.8, 4) is 0 Å². The van der Waals surface area contributed by atoms with Gasteiger partial charge in [-0.1, -0.05) is 71.7 Å². The molecular formula is C23H22Cl2N2O3S. The van der Waals surface area contributed by atoms with Gasteiger partial charge in [0.15, 0.2) is 0 Å². The van der Waals surface area contributed by atoms with E-state index in [4.69, 9.17) is 23.2 Å². The summed E-state index contributed by atoms with van der Waals surface area (Å²) >= 11 is 12.2. The summed E-state index contributed by atoms with van der Waals surface area (Å²) < 4.78 is 27.8. The van der Waals surface area contributed by atoms with E-state index in [9.17, 15) is 13.2 Å². The highest BCUT2D eigenvalue weighted by molar-refractivity contribution is 7.89. The van der Waals surface area contributed by atoms with Crippen LogP contribution in [-0.4, -0.2) is 37.1 Å². The van der Waals surface area contributed by atoms with Crippen molar-refractivity contribution in [3.05, 3.63) is 100 Å². The second-order valence-electron chi connectivity index (χ2n) is 7.05. The Morgan fingerprint density at radius 1 is 0.839 bits per heavy atom. The Morgan fingerprint density at radius 3 is 2.10 bits per heavy atom. The molecule has 0 heterocycles.